The van der Waals surface area contributed by atoms with Crippen LogP contribution < -0.4 is 5.32 Å². The smallest absolute Gasteiger partial charge is 0.256 e. The average molecular weight is 307 g/mol. The van der Waals surface area contributed by atoms with Crippen molar-refractivity contribution in [2.24, 2.45) is 0 Å². The number of nitrogens with zero attached hydrogens (tertiary/aromatic N) is 1. The summed E-state index contributed by atoms with van der Waals surface area (Å²) >= 11 is 5.95. The third kappa shape index (κ3) is 3.52. The maximum atomic E-state index is 13.7. The van der Waals surface area contributed by atoms with E-state index in [1.807, 2.05) is 0 Å². The van der Waals surface area contributed by atoms with Crippen LogP contribution in [0.1, 0.15) is 15.9 Å². The Morgan fingerprint density at radius 1 is 1.29 bits per heavy atom. The number of rotatable bonds is 4. The lowest BCUT2D eigenvalue weighted by Crippen LogP contribution is -2.27. The molecule has 0 bridgehead atoms. The van der Waals surface area contributed by atoms with Crippen molar-refractivity contribution < 1.29 is 9.18 Å². The standard InChI is InChI=1S/C16H16ClFN2O/c1-19-15-8-7-12(17)9-13(15)16(21)20(2)10-11-5-3-4-6-14(11)18/h3-9,19H,10H2,1-2H3. The normalized spacial score (nSPS) is 10.3. The number of benzene rings is 2. The van der Waals surface area contributed by atoms with Crippen LogP contribution in [0.2, 0.25) is 5.02 Å². The number of carbonyl (C=O) groups excluding carboxylic acids is 1. The fraction of sp³-hybridized carbons (Fsp3) is 0.188. The van der Waals surface area contributed by atoms with Crippen LogP contribution in [-0.4, -0.2) is 24.9 Å². The Morgan fingerprint density at radius 3 is 2.67 bits per heavy atom. The van der Waals surface area contributed by atoms with E-state index in [0.717, 1.165) is 0 Å². The SMILES string of the molecule is CNc1ccc(Cl)cc1C(=O)N(C)Cc1ccccc1F. The summed E-state index contributed by atoms with van der Waals surface area (Å²) in [6.45, 7) is 0.196. The molecular formula is C16H16ClFN2O. The number of amides is 1. The zero-order valence-electron chi connectivity index (χ0n) is 11.9. The van der Waals surface area contributed by atoms with Crippen molar-refractivity contribution in [3.8, 4) is 0 Å². The van der Waals surface area contributed by atoms with E-state index in [1.165, 1.54) is 11.0 Å². The zero-order valence-corrected chi connectivity index (χ0v) is 12.6. The van der Waals surface area contributed by atoms with Crippen LogP contribution in [0.15, 0.2) is 42.5 Å². The number of hydrogen-bond donors (Lipinski definition) is 1. The second-order valence-electron chi connectivity index (χ2n) is 4.69. The molecule has 0 heterocycles. The molecule has 0 saturated carbocycles. The predicted octanol–water partition coefficient (Wildman–Crippen LogP) is 3.79. The highest BCUT2D eigenvalue weighted by atomic mass is 35.5. The van der Waals surface area contributed by atoms with E-state index >= 15 is 0 Å². The Hall–Kier alpha value is -2.07. The Bertz CT molecular complexity index is 660. The first-order valence-electron chi connectivity index (χ1n) is 6.49. The van der Waals surface area contributed by atoms with E-state index in [1.54, 1.807) is 50.5 Å². The van der Waals surface area contributed by atoms with Crippen molar-refractivity contribution in [2.45, 2.75) is 6.54 Å². The van der Waals surface area contributed by atoms with Gasteiger partial charge in [-0.15, -0.1) is 0 Å². The van der Waals surface area contributed by atoms with Crippen molar-refractivity contribution in [3.05, 3.63) is 64.4 Å². The molecular weight excluding hydrogens is 291 g/mol. The topological polar surface area (TPSA) is 32.3 Å². The molecule has 0 saturated heterocycles. The molecule has 0 spiro atoms. The largest absolute Gasteiger partial charge is 0.387 e. The minimum atomic E-state index is -0.322. The molecule has 0 aliphatic carbocycles. The van der Waals surface area contributed by atoms with Crippen LogP contribution in [0.3, 0.4) is 0 Å². The molecule has 0 unspecified atom stereocenters. The van der Waals surface area contributed by atoms with E-state index in [4.69, 9.17) is 11.6 Å². The first-order valence-corrected chi connectivity index (χ1v) is 6.87. The summed E-state index contributed by atoms with van der Waals surface area (Å²) in [6.07, 6.45) is 0. The van der Waals surface area contributed by atoms with E-state index in [0.29, 0.717) is 21.8 Å². The number of nitrogens with one attached hydrogen (secondary N) is 1. The third-order valence-corrected chi connectivity index (χ3v) is 3.43. The van der Waals surface area contributed by atoms with Crippen molar-refractivity contribution >= 4 is 23.2 Å². The second-order valence-corrected chi connectivity index (χ2v) is 5.13. The Kier molecular flexibility index (Phi) is 4.81. The Labute approximate surface area is 128 Å². The summed E-state index contributed by atoms with van der Waals surface area (Å²) in [6, 6.07) is 11.5. The summed E-state index contributed by atoms with van der Waals surface area (Å²) in [5, 5.41) is 3.44. The predicted molar refractivity (Wildman–Crippen MR) is 83.2 cm³/mol. The van der Waals surface area contributed by atoms with Crippen molar-refractivity contribution in [1.82, 2.24) is 4.90 Å². The van der Waals surface area contributed by atoms with Crippen LogP contribution in [0.25, 0.3) is 0 Å². The third-order valence-electron chi connectivity index (χ3n) is 3.19. The summed E-state index contributed by atoms with van der Waals surface area (Å²) in [5.74, 6) is -0.540. The highest BCUT2D eigenvalue weighted by Crippen LogP contribution is 2.22. The second kappa shape index (κ2) is 6.59. The summed E-state index contributed by atoms with van der Waals surface area (Å²) < 4.78 is 13.7. The molecule has 0 aliphatic heterocycles. The summed E-state index contributed by atoms with van der Waals surface area (Å²) in [4.78, 5) is 14.0. The molecule has 5 heteroatoms. The lowest BCUT2D eigenvalue weighted by Gasteiger charge is -2.19. The van der Waals surface area contributed by atoms with Gasteiger partial charge >= 0.3 is 0 Å². The molecule has 0 radical (unpaired) electrons. The number of hydrogen-bond acceptors (Lipinski definition) is 2. The van der Waals surface area contributed by atoms with Gasteiger partial charge in [0.2, 0.25) is 0 Å². The van der Waals surface area contributed by atoms with Crippen LogP contribution in [-0.2, 0) is 6.54 Å². The van der Waals surface area contributed by atoms with Crippen molar-refractivity contribution in [1.29, 1.82) is 0 Å². The fourth-order valence-electron chi connectivity index (χ4n) is 2.07. The zero-order chi connectivity index (χ0) is 15.4. The molecule has 0 fully saturated rings. The maximum absolute atomic E-state index is 13.7. The highest BCUT2D eigenvalue weighted by Gasteiger charge is 2.17. The molecule has 2 aromatic rings. The molecule has 2 aromatic carbocycles. The van der Waals surface area contributed by atoms with Gasteiger partial charge in [0.15, 0.2) is 0 Å². The van der Waals surface area contributed by atoms with Crippen LogP contribution in [0.4, 0.5) is 10.1 Å². The molecule has 2 rings (SSSR count). The Morgan fingerprint density at radius 2 is 2.00 bits per heavy atom. The fourth-order valence-corrected chi connectivity index (χ4v) is 2.24. The van der Waals surface area contributed by atoms with Crippen LogP contribution in [0, 0.1) is 5.82 Å². The number of halogens is 2. The average Bonchev–Trinajstić information content (AvgIpc) is 2.48. The van der Waals surface area contributed by atoms with E-state index in [-0.39, 0.29) is 18.3 Å². The van der Waals surface area contributed by atoms with Gasteiger partial charge in [-0.05, 0) is 24.3 Å². The van der Waals surface area contributed by atoms with Gasteiger partial charge in [0.1, 0.15) is 5.82 Å². The molecule has 1 amide bonds. The van der Waals surface area contributed by atoms with Crippen LogP contribution >= 0.6 is 11.6 Å². The van der Waals surface area contributed by atoms with Gasteiger partial charge in [0, 0.05) is 36.9 Å². The van der Waals surface area contributed by atoms with Gasteiger partial charge in [-0.1, -0.05) is 29.8 Å². The number of carbonyl (C=O) groups is 1. The van der Waals surface area contributed by atoms with Gasteiger partial charge < -0.3 is 10.2 Å². The van der Waals surface area contributed by atoms with Crippen molar-refractivity contribution in [2.75, 3.05) is 19.4 Å². The van der Waals surface area contributed by atoms with E-state index < -0.39 is 0 Å². The molecule has 0 atom stereocenters. The highest BCUT2D eigenvalue weighted by molar-refractivity contribution is 6.31. The molecule has 110 valence electrons. The monoisotopic (exact) mass is 306 g/mol. The maximum Gasteiger partial charge on any atom is 0.256 e. The quantitative estimate of drug-likeness (QED) is 0.932. The van der Waals surface area contributed by atoms with E-state index in [2.05, 4.69) is 5.32 Å². The number of anilines is 1. The summed E-state index contributed by atoms with van der Waals surface area (Å²) in [7, 11) is 3.37. The molecule has 0 aliphatic rings. The minimum absolute atomic E-state index is 0.196. The van der Waals surface area contributed by atoms with Gasteiger partial charge in [-0.25, -0.2) is 4.39 Å². The van der Waals surface area contributed by atoms with Crippen LogP contribution in [0.5, 0.6) is 0 Å². The Balaban J connectivity index is 2.24. The first-order chi connectivity index (χ1) is 10.0. The first kappa shape index (κ1) is 15.3. The molecule has 21 heavy (non-hydrogen) atoms. The van der Waals surface area contributed by atoms with Gasteiger partial charge in [0.05, 0.1) is 5.56 Å². The molecule has 0 aromatic heterocycles. The van der Waals surface area contributed by atoms with Gasteiger partial charge in [-0.2, -0.15) is 0 Å². The summed E-state index contributed by atoms with van der Waals surface area (Å²) in [5.41, 5.74) is 1.62. The minimum Gasteiger partial charge on any atom is -0.387 e. The van der Waals surface area contributed by atoms with Crippen molar-refractivity contribution in [3.63, 3.8) is 0 Å². The van der Waals surface area contributed by atoms with E-state index in [9.17, 15) is 9.18 Å². The van der Waals surface area contributed by atoms with Gasteiger partial charge in [-0.3, -0.25) is 4.79 Å². The molecule has 3 nitrogen and oxygen atoms in total. The van der Waals surface area contributed by atoms with Gasteiger partial charge in [0.25, 0.3) is 5.91 Å². The lowest BCUT2D eigenvalue weighted by atomic mass is 10.1. The molecule has 1 N–H and O–H groups in total. The lowest BCUT2D eigenvalue weighted by molar-refractivity contribution is 0.0785.